The number of aromatic nitrogens is 2. The number of carbonyl (C=O) groups is 1. The molecule has 3 aromatic rings. The molecule has 0 aliphatic carbocycles. The second-order valence-corrected chi connectivity index (χ2v) is 7.00. The zero-order valence-corrected chi connectivity index (χ0v) is 15.2. The third-order valence-corrected chi connectivity index (χ3v) is 4.93. The number of nitrogens with zero attached hydrogens (tertiary/aromatic N) is 2. The van der Waals surface area contributed by atoms with E-state index in [0.29, 0.717) is 17.1 Å². The van der Waals surface area contributed by atoms with Crippen molar-refractivity contribution in [3.63, 3.8) is 0 Å². The summed E-state index contributed by atoms with van der Waals surface area (Å²) < 4.78 is 13.1. The van der Waals surface area contributed by atoms with E-state index in [9.17, 15) is 9.18 Å². The standard InChI is InChI=1S/C20H18ClFN4O/c21-15-5-1-14(2-6-15)20(27)23-17-9-10-26(12-17)19-11-18(24-25-19)13-3-7-16(22)8-4-13/h1-8,11,17H,9-10,12H2,(H,23,27)(H,24,25). The first kappa shape index (κ1) is 17.5. The molecule has 1 aromatic heterocycles. The molecule has 1 saturated heterocycles. The molecule has 0 radical (unpaired) electrons. The van der Waals surface area contributed by atoms with Gasteiger partial charge >= 0.3 is 0 Å². The van der Waals surface area contributed by atoms with Gasteiger partial charge in [0.2, 0.25) is 0 Å². The Morgan fingerprint density at radius 2 is 1.93 bits per heavy atom. The highest BCUT2D eigenvalue weighted by atomic mass is 35.5. The molecule has 2 N–H and O–H groups in total. The van der Waals surface area contributed by atoms with Gasteiger partial charge in [0.1, 0.15) is 5.82 Å². The minimum Gasteiger partial charge on any atom is -0.353 e. The summed E-state index contributed by atoms with van der Waals surface area (Å²) in [6.45, 7) is 1.49. The van der Waals surface area contributed by atoms with Gasteiger partial charge in [0, 0.05) is 35.8 Å². The van der Waals surface area contributed by atoms with Crippen molar-refractivity contribution < 1.29 is 9.18 Å². The predicted octanol–water partition coefficient (Wildman–Crippen LogP) is 3.88. The van der Waals surface area contributed by atoms with Gasteiger partial charge in [-0.3, -0.25) is 9.89 Å². The average molecular weight is 385 g/mol. The largest absolute Gasteiger partial charge is 0.353 e. The van der Waals surface area contributed by atoms with Crippen LogP contribution in [0.15, 0.2) is 54.6 Å². The summed E-state index contributed by atoms with van der Waals surface area (Å²) >= 11 is 5.86. The first-order chi connectivity index (χ1) is 13.1. The van der Waals surface area contributed by atoms with E-state index in [1.807, 2.05) is 6.07 Å². The van der Waals surface area contributed by atoms with Gasteiger partial charge in [-0.1, -0.05) is 11.6 Å². The van der Waals surface area contributed by atoms with Gasteiger partial charge < -0.3 is 10.2 Å². The first-order valence-corrected chi connectivity index (χ1v) is 9.09. The van der Waals surface area contributed by atoms with Crippen molar-refractivity contribution in [2.45, 2.75) is 12.5 Å². The lowest BCUT2D eigenvalue weighted by atomic mass is 10.1. The summed E-state index contributed by atoms with van der Waals surface area (Å²) in [5, 5.41) is 11.0. The number of aromatic amines is 1. The normalized spacial score (nSPS) is 16.5. The molecule has 1 amide bonds. The number of halogens is 2. The Morgan fingerprint density at radius 3 is 2.67 bits per heavy atom. The van der Waals surface area contributed by atoms with E-state index in [0.717, 1.165) is 30.0 Å². The maximum absolute atomic E-state index is 13.1. The quantitative estimate of drug-likeness (QED) is 0.717. The molecule has 7 heteroatoms. The zero-order chi connectivity index (χ0) is 18.8. The predicted molar refractivity (Wildman–Crippen MR) is 104 cm³/mol. The average Bonchev–Trinajstić information content (AvgIpc) is 3.32. The Labute approximate surface area is 161 Å². The number of nitrogens with one attached hydrogen (secondary N) is 2. The molecule has 1 aliphatic heterocycles. The Morgan fingerprint density at radius 1 is 1.19 bits per heavy atom. The van der Waals surface area contributed by atoms with Crippen molar-refractivity contribution in [2.24, 2.45) is 0 Å². The number of rotatable bonds is 4. The highest BCUT2D eigenvalue weighted by molar-refractivity contribution is 6.30. The topological polar surface area (TPSA) is 61.0 Å². The number of carbonyl (C=O) groups excluding carboxylic acids is 1. The second-order valence-electron chi connectivity index (χ2n) is 6.56. The lowest BCUT2D eigenvalue weighted by Gasteiger charge is -2.16. The number of amides is 1. The van der Waals surface area contributed by atoms with Gasteiger partial charge in [-0.15, -0.1) is 0 Å². The van der Waals surface area contributed by atoms with Crippen LogP contribution < -0.4 is 10.2 Å². The van der Waals surface area contributed by atoms with Crippen LogP contribution in [0.5, 0.6) is 0 Å². The van der Waals surface area contributed by atoms with E-state index in [-0.39, 0.29) is 17.8 Å². The van der Waals surface area contributed by atoms with Crippen LogP contribution in [0.3, 0.4) is 0 Å². The van der Waals surface area contributed by atoms with Crippen LogP contribution in [0, 0.1) is 5.82 Å². The van der Waals surface area contributed by atoms with Gasteiger partial charge in [-0.05, 0) is 60.5 Å². The number of H-pyrrole nitrogens is 1. The van der Waals surface area contributed by atoms with Gasteiger partial charge in [-0.25, -0.2) is 4.39 Å². The molecule has 4 rings (SSSR count). The summed E-state index contributed by atoms with van der Waals surface area (Å²) in [6.07, 6.45) is 0.845. The fraction of sp³-hybridized carbons (Fsp3) is 0.200. The molecule has 2 heterocycles. The van der Waals surface area contributed by atoms with E-state index in [1.165, 1.54) is 12.1 Å². The molecule has 27 heavy (non-hydrogen) atoms. The van der Waals surface area contributed by atoms with Crippen molar-refractivity contribution in [1.82, 2.24) is 15.5 Å². The molecule has 1 unspecified atom stereocenters. The smallest absolute Gasteiger partial charge is 0.251 e. The lowest BCUT2D eigenvalue weighted by molar-refractivity contribution is 0.0940. The van der Waals surface area contributed by atoms with Crippen LogP contribution in [0.25, 0.3) is 11.3 Å². The van der Waals surface area contributed by atoms with Gasteiger partial charge in [0.25, 0.3) is 5.91 Å². The zero-order valence-electron chi connectivity index (χ0n) is 14.5. The first-order valence-electron chi connectivity index (χ1n) is 8.71. The van der Waals surface area contributed by atoms with Crippen LogP contribution in [-0.4, -0.2) is 35.2 Å². The molecule has 2 aromatic carbocycles. The van der Waals surface area contributed by atoms with Crippen molar-refractivity contribution in [3.05, 3.63) is 71.0 Å². The van der Waals surface area contributed by atoms with E-state index < -0.39 is 0 Å². The number of hydrogen-bond donors (Lipinski definition) is 2. The maximum atomic E-state index is 13.1. The highest BCUT2D eigenvalue weighted by Crippen LogP contribution is 2.24. The molecule has 0 bridgehead atoms. The van der Waals surface area contributed by atoms with Gasteiger partial charge in [0.05, 0.1) is 5.69 Å². The monoisotopic (exact) mass is 384 g/mol. The van der Waals surface area contributed by atoms with Crippen molar-refractivity contribution in [1.29, 1.82) is 0 Å². The molecule has 5 nitrogen and oxygen atoms in total. The fourth-order valence-electron chi connectivity index (χ4n) is 3.21. The van der Waals surface area contributed by atoms with Crippen LogP contribution in [0.1, 0.15) is 16.8 Å². The number of benzene rings is 2. The minimum atomic E-state index is -0.266. The Hall–Kier alpha value is -2.86. The summed E-state index contributed by atoms with van der Waals surface area (Å²) in [5.41, 5.74) is 2.30. The second kappa shape index (κ2) is 7.40. The van der Waals surface area contributed by atoms with E-state index in [1.54, 1.807) is 36.4 Å². The third-order valence-electron chi connectivity index (χ3n) is 4.67. The van der Waals surface area contributed by atoms with E-state index in [4.69, 9.17) is 11.6 Å². The van der Waals surface area contributed by atoms with Crippen LogP contribution in [0.4, 0.5) is 10.2 Å². The van der Waals surface area contributed by atoms with Crippen LogP contribution in [-0.2, 0) is 0 Å². The fourth-order valence-corrected chi connectivity index (χ4v) is 3.33. The molecule has 1 aliphatic rings. The van der Waals surface area contributed by atoms with E-state index >= 15 is 0 Å². The number of hydrogen-bond acceptors (Lipinski definition) is 3. The summed E-state index contributed by atoms with van der Waals surface area (Å²) in [5.74, 6) is 0.447. The minimum absolute atomic E-state index is 0.0548. The van der Waals surface area contributed by atoms with Crippen molar-refractivity contribution in [3.8, 4) is 11.3 Å². The highest BCUT2D eigenvalue weighted by Gasteiger charge is 2.26. The number of anilines is 1. The molecule has 1 atom stereocenters. The lowest BCUT2D eigenvalue weighted by Crippen LogP contribution is -2.37. The van der Waals surface area contributed by atoms with E-state index in [2.05, 4.69) is 20.4 Å². The van der Waals surface area contributed by atoms with Gasteiger partial charge in [0.15, 0.2) is 5.82 Å². The van der Waals surface area contributed by atoms with Crippen molar-refractivity contribution in [2.75, 3.05) is 18.0 Å². The molecule has 138 valence electrons. The summed E-state index contributed by atoms with van der Waals surface area (Å²) in [6, 6.07) is 15.1. The molecular formula is C20H18ClFN4O. The molecular weight excluding hydrogens is 367 g/mol. The molecule has 0 spiro atoms. The Balaban J connectivity index is 1.39. The SMILES string of the molecule is O=C(NC1CCN(c2cc(-c3ccc(F)cc3)[nH]n2)C1)c1ccc(Cl)cc1. The Bertz CT molecular complexity index is 939. The van der Waals surface area contributed by atoms with Crippen molar-refractivity contribution >= 4 is 23.3 Å². The summed E-state index contributed by atoms with van der Waals surface area (Å²) in [7, 11) is 0. The Kier molecular flexibility index (Phi) is 4.81. The van der Waals surface area contributed by atoms with Crippen LogP contribution in [0.2, 0.25) is 5.02 Å². The summed E-state index contributed by atoms with van der Waals surface area (Å²) in [4.78, 5) is 14.5. The van der Waals surface area contributed by atoms with Gasteiger partial charge in [-0.2, -0.15) is 5.10 Å². The molecule has 0 saturated carbocycles. The third kappa shape index (κ3) is 3.95. The maximum Gasteiger partial charge on any atom is 0.251 e. The molecule has 1 fully saturated rings. The van der Waals surface area contributed by atoms with Crippen LogP contribution >= 0.6 is 11.6 Å².